The van der Waals surface area contributed by atoms with Gasteiger partial charge >= 0.3 is 0 Å². The number of amides is 2. The first-order valence-corrected chi connectivity index (χ1v) is 10.4. The molecule has 2 saturated heterocycles. The second-order valence-corrected chi connectivity index (χ2v) is 7.70. The highest BCUT2D eigenvalue weighted by Gasteiger charge is 2.35. The van der Waals surface area contributed by atoms with Crippen LogP contribution in [0.1, 0.15) is 17.3 Å². The molecule has 0 spiro atoms. The average molecular weight is 435 g/mol. The van der Waals surface area contributed by atoms with Gasteiger partial charge in [-0.3, -0.25) is 19.3 Å². The van der Waals surface area contributed by atoms with Gasteiger partial charge in [-0.2, -0.15) is 0 Å². The topological polar surface area (TPSA) is 82.2 Å². The Hall–Kier alpha value is -2.58. The number of anilines is 1. The largest absolute Gasteiger partial charge is 0.492 e. The Balaban J connectivity index is 1.49. The van der Waals surface area contributed by atoms with Gasteiger partial charge in [0, 0.05) is 56.9 Å². The normalized spacial score (nSPS) is 17.3. The van der Waals surface area contributed by atoms with E-state index in [0.717, 1.165) is 26.2 Å². The van der Waals surface area contributed by atoms with E-state index in [1.165, 1.54) is 6.08 Å². The Morgan fingerprint density at radius 1 is 1.23 bits per heavy atom. The van der Waals surface area contributed by atoms with Crippen LogP contribution in [0.2, 0.25) is 5.02 Å². The summed E-state index contributed by atoms with van der Waals surface area (Å²) in [4.78, 5) is 41.3. The van der Waals surface area contributed by atoms with Gasteiger partial charge in [0.1, 0.15) is 5.75 Å². The molecule has 0 radical (unpaired) electrons. The molecule has 9 heteroatoms. The number of nitrogens with one attached hydrogen (secondary N) is 1. The molecule has 8 nitrogen and oxygen atoms in total. The zero-order valence-corrected chi connectivity index (χ0v) is 17.9. The highest BCUT2D eigenvalue weighted by atomic mass is 35.5. The summed E-state index contributed by atoms with van der Waals surface area (Å²) >= 11 is 6.07. The Morgan fingerprint density at radius 2 is 1.93 bits per heavy atom. The van der Waals surface area contributed by atoms with E-state index in [1.807, 2.05) is 11.8 Å². The lowest BCUT2D eigenvalue weighted by Crippen LogP contribution is -2.64. The third kappa shape index (κ3) is 4.94. The maximum atomic E-state index is 12.6. The van der Waals surface area contributed by atoms with Crippen molar-refractivity contribution >= 4 is 35.4 Å². The summed E-state index contributed by atoms with van der Waals surface area (Å²) in [6, 6.07) is 3.53. The Morgan fingerprint density at radius 3 is 2.53 bits per heavy atom. The van der Waals surface area contributed by atoms with E-state index < -0.39 is 0 Å². The van der Waals surface area contributed by atoms with Crippen molar-refractivity contribution in [3.63, 3.8) is 0 Å². The minimum atomic E-state index is -0.0301. The fraction of sp³-hybridized carbons (Fsp3) is 0.476. The summed E-state index contributed by atoms with van der Waals surface area (Å²) in [5.74, 6) is 0.462. The lowest BCUT2D eigenvalue weighted by molar-refractivity contribution is -0.135. The van der Waals surface area contributed by atoms with Gasteiger partial charge in [-0.1, -0.05) is 18.2 Å². The number of hydrogen-bond acceptors (Lipinski definition) is 6. The molecule has 0 saturated carbocycles. The summed E-state index contributed by atoms with van der Waals surface area (Å²) in [7, 11) is 0. The Bertz CT molecular complexity index is 817. The third-order valence-corrected chi connectivity index (χ3v) is 5.82. The number of benzene rings is 1. The molecular formula is C21H27ClN4O4. The van der Waals surface area contributed by atoms with Crippen LogP contribution in [0.4, 0.5) is 5.69 Å². The number of aldehydes is 1. The van der Waals surface area contributed by atoms with E-state index in [9.17, 15) is 14.4 Å². The maximum absolute atomic E-state index is 12.6. The molecule has 1 aromatic carbocycles. The predicted octanol–water partition coefficient (Wildman–Crippen LogP) is 1.50. The zero-order valence-electron chi connectivity index (χ0n) is 17.1. The number of carbonyl (C=O) groups is 3. The molecule has 162 valence electrons. The summed E-state index contributed by atoms with van der Waals surface area (Å²) in [5.41, 5.74) is 0.907. The van der Waals surface area contributed by atoms with Gasteiger partial charge in [-0.15, -0.1) is 0 Å². The first-order chi connectivity index (χ1) is 14.5. The summed E-state index contributed by atoms with van der Waals surface area (Å²) in [6.07, 6.45) is 2.02. The minimum absolute atomic E-state index is 0.0169. The molecule has 2 aliphatic rings. The zero-order chi connectivity index (χ0) is 21.7. The van der Waals surface area contributed by atoms with Crippen LogP contribution in [0.3, 0.4) is 0 Å². The lowest BCUT2D eigenvalue weighted by atomic mass is 10.1. The molecule has 1 aromatic rings. The van der Waals surface area contributed by atoms with E-state index in [1.54, 1.807) is 17.0 Å². The predicted molar refractivity (Wildman–Crippen MR) is 115 cm³/mol. The summed E-state index contributed by atoms with van der Waals surface area (Å²) < 4.78 is 5.56. The quantitative estimate of drug-likeness (QED) is 0.493. The molecule has 0 bridgehead atoms. The number of nitrogens with zero attached hydrogens (tertiary/aromatic N) is 3. The van der Waals surface area contributed by atoms with Gasteiger partial charge < -0.3 is 19.9 Å². The van der Waals surface area contributed by atoms with Crippen molar-refractivity contribution in [1.29, 1.82) is 0 Å². The standard InChI is InChI=1S/C21H27ClN4O4/c1-3-20(28)26-12-16(13-26)24-5-7-25(8-6-24)21(29)11-23-18-9-15(14-27)17(22)10-19(18)30-4-2/h3,9-10,14,16,23H,1,4-8,11-13H2,2H3. The molecule has 0 aromatic heterocycles. The van der Waals surface area contributed by atoms with Gasteiger partial charge in [0.15, 0.2) is 6.29 Å². The molecule has 2 amide bonds. The van der Waals surface area contributed by atoms with Gasteiger partial charge in [0.25, 0.3) is 0 Å². The molecule has 0 aliphatic carbocycles. The molecule has 0 unspecified atom stereocenters. The molecule has 2 fully saturated rings. The molecule has 0 atom stereocenters. The van der Waals surface area contributed by atoms with Crippen molar-refractivity contribution in [1.82, 2.24) is 14.7 Å². The maximum Gasteiger partial charge on any atom is 0.246 e. The second kappa shape index (κ2) is 9.95. The number of ether oxygens (including phenoxy) is 1. The number of piperazine rings is 1. The highest BCUT2D eigenvalue weighted by molar-refractivity contribution is 6.33. The number of hydrogen-bond donors (Lipinski definition) is 1. The third-order valence-electron chi connectivity index (χ3n) is 5.49. The molecule has 3 rings (SSSR count). The van der Waals surface area contributed by atoms with Crippen molar-refractivity contribution < 1.29 is 19.1 Å². The molecule has 2 aliphatic heterocycles. The fourth-order valence-electron chi connectivity index (χ4n) is 3.69. The van der Waals surface area contributed by atoms with Crippen molar-refractivity contribution in [3.8, 4) is 5.75 Å². The summed E-state index contributed by atoms with van der Waals surface area (Å²) in [6.45, 7) is 10.2. The molecule has 30 heavy (non-hydrogen) atoms. The van der Waals surface area contributed by atoms with Crippen LogP contribution < -0.4 is 10.1 Å². The lowest BCUT2D eigenvalue weighted by Gasteiger charge is -2.47. The number of likely N-dealkylation sites (tertiary alicyclic amines) is 1. The highest BCUT2D eigenvalue weighted by Crippen LogP contribution is 2.31. The van der Waals surface area contributed by atoms with Crippen LogP contribution in [0.15, 0.2) is 24.8 Å². The van der Waals surface area contributed by atoms with E-state index in [2.05, 4.69) is 16.8 Å². The SMILES string of the molecule is C=CC(=O)N1CC(N2CCN(C(=O)CNc3cc(C=O)c(Cl)cc3OCC)CC2)C1. The van der Waals surface area contributed by atoms with Crippen LogP contribution in [0, 0.1) is 0 Å². The van der Waals surface area contributed by atoms with E-state index in [-0.39, 0.29) is 18.4 Å². The second-order valence-electron chi connectivity index (χ2n) is 7.29. The smallest absolute Gasteiger partial charge is 0.246 e. The summed E-state index contributed by atoms with van der Waals surface area (Å²) in [5, 5.41) is 3.39. The van der Waals surface area contributed by atoms with Gasteiger partial charge in [-0.05, 0) is 19.1 Å². The number of carbonyl (C=O) groups excluding carboxylic acids is 3. The molecular weight excluding hydrogens is 408 g/mol. The Labute approximate surface area is 181 Å². The van der Waals surface area contributed by atoms with Crippen molar-refractivity contribution in [2.75, 3.05) is 57.7 Å². The van der Waals surface area contributed by atoms with Crippen LogP contribution in [-0.2, 0) is 9.59 Å². The van der Waals surface area contributed by atoms with Crippen LogP contribution in [0.25, 0.3) is 0 Å². The van der Waals surface area contributed by atoms with Gasteiger partial charge in [0.2, 0.25) is 11.8 Å². The van der Waals surface area contributed by atoms with Crippen molar-refractivity contribution in [2.45, 2.75) is 13.0 Å². The van der Waals surface area contributed by atoms with E-state index in [0.29, 0.717) is 54.0 Å². The van der Waals surface area contributed by atoms with Crippen molar-refractivity contribution in [3.05, 3.63) is 35.4 Å². The monoisotopic (exact) mass is 434 g/mol. The van der Waals surface area contributed by atoms with E-state index in [4.69, 9.17) is 16.3 Å². The first kappa shape index (κ1) is 22.1. The number of halogens is 1. The average Bonchev–Trinajstić information content (AvgIpc) is 2.72. The van der Waals surface area contributed by atoms with Gasteiger partial charge in [-0.25, -0.2) is 0 Å². The fourth-order valence-corrected chi connectivity index (χ4v) is 3.89. The molecule has 1 N–H and O–H groups in total. The van der Waals surface area contributed by atoms with Crippen LogP contribution in [0.5, 0.6) is 5.75 Å². The van der Waals surface area contributed by atoms with E-state index >= 15 is 0 Å². The Kier molecular flexibility index (Phi) is 7.33. The van der Waals surface area contributed by atoms with Crippen molar-refractivity contribution in [2.24, 2.45) is 0 Å². The minimum Gasteiger partial charge on any atom is -0.492 e. The van der Waals surface area contributed by atoms with Crippen LogP contribution in [-0.4, -0.2) is 91.3 Å². The number of rotatable bonds is 8. The molecule has 2 heterocycles. The van der Waals surface area contributed by atoms with Crippen LogP contribution >= 0.6 is 11.6 Å². The first-order valence-electron chi connectivity index (χ1n) is 10.0. The van der Waals surface area contributed by atoms with Gasteiger partial charge in [0.05, 0.1) is 23.9 Å².